The van der Waals surface area contributed by atoms with Crippen molar-refractivity contribution in [3.05, 3.63) is 70.4 Å². The fourth-order valence-electron chi connectivity index (χ4n) is 5.76. The molecule has 7 heteroatoms. The molecular weight excluding hydrogens is 440 g/mol. The van der Waals surface area contributed by atoms with E-state index in [9.17, 15) is 4.79 Å². The summed E-state index contributed by atoms with van der Waals surface area (Å²) in [5.74, 6) is 1.46. The summed E-state index contributed by atoms with van der Waals surface area (Å²) < 4.78 is 12.8. The van der Waals surface area contributed by atoms with E-state index in [2.05, 4.69) is 29.7 Å². The molecular formula is C28H30N4O3. The second-order valence-electron chi connectivity index (χ2n) is 9.41. The van der Waals surface area contributed by atoms with Crippen LogP contribution in [0, 0.1) is 6.92 Å². The van der Waals surface area contributed by atoms with Gasteiger partial charge >= 0.3 is 5.97 Å². The summed E-state index contributed by atoms with van der Waals surface area (Å²) in [6.45, 7) is 9.87. The largest absolute Gasteiger partial charge is 0.440 e. The van der Waals surface area contributed by atoms with E-state index in [1.54, 1.807) is 0 Å². The van der Waals surface area contributed by atoms with Gasteiger partial charge in [0.15, 0.2) is 5.60 Å². The van der Waals surface area contributed by atoms with E-state index in [0.29, 0.717) is 28.7 Å². The summed E-state index contributed by atoms with van der Waals surface area (Å²) in [6, 6.07) is 13.7. The Morgan fingerprint density at radius 2 is 1.77 bits per heavy atom. The molecule has 3 aromatic rings. The number of carbonyl (C=O) groups excluding carboxylic acids is 1. The molecule has 0 amide bonds. The van der Waals surface area contributed by atoms with E-state index in [-0.39, 0.29) is 5.97 Å². The minimum atomic E-state index is -1.14. The Balaban J connectivity index is 1.59. The summed E-state index contributed by atoms with van der Waals surface area (Å²) in [6.07, 6.45) is 3.49. The fourth-order valence-corrected chi connectivity index (χ4v) is 5.76. The zero-order valence-electron chi connectivity index (χ0n) is 20.5. The highest BCUT2D eigenvalue weighted by molar-refractivity contribution is 5.97. The van der Waals surface area contributed by atoms with Crippen LogP contribution in [0.1, 0.15) is 65.9 Å². The Bertz CT molecular complexity index is 1310. The van der Waals surface area contributed by atoms with Gasteiger partial charge in [-0.3, -0.25) is 0 Å². The smallest absolute Gasteiger partial charge is 0.340 e. The number of ether oxygens (including phenoxy) is 2. The third-order valence-corrected chi connectivity index (χ3v) is 7.49. The lowest BCUT2D eigenvalue weighted by Gasteiger charge is -2.38. The number of aromatic nitrogens is 2. The molecule has 0 saturated carbocycles. The second-order valence-corrected chi connectivity index (χ2v) is 9.41. The minimum absolute atomic E-state index is 0.341. The van der Waals surface area contributed by atoms with Gasteiger partial charge < -0.3 is 19.3 Å². The highest BCUT2D eigenvalue weighted by atomic mass is 16.6. The standard InChI is InChI=1S/C28H30N4O3/c1-4-31(5-2)19-13-14-22-23(17-19)34-25-24(18(3)29-27(30-25)32-15-9-6-10-16-32)28(22)21-12-8-7-11-20(21)26(33)35-28/h7-8,11-14,17H,4-6,9-10,15-16H2,1-3H3. The predicted molar refractivity (Wildman–Crippen MR) is 135 cm³/mol. The third kappa shape index (κ3) is 3.21. The molecule has 0 aliphatic carbocycles. The van der Waals surface area contributed by atoms with Crippen LogP contribution in [0.2, 0.25) is 0 Å². The number of esters is 1. The summed E-state index contributed by atoms with van der Waals surface area (Å²) in [5, 5.41) is 0. The molecule has 6 rings (SSSR count). The predicted octanol–water partition coefficient (Wildman–Crippen LogP) is 5.19. The third-order valence-electron chi connectivity index (χ3n) is 7.49. The first-order chi connectivity index (χ1) is 17.1. The van der Waals surface area contributed by atoms with E-state index in [1.807, 2.05) is 43.3 Å². The number of fused-ring (bicyclic) bond motifs is 6. The maximum Gasteiger partial charge on any atom is 0.340 e. The van der Waals surface area contributed by atoms with Gasteiger partial charge in [-0.05, 0) is 58.2 Å². The molecule has 0 radical (unpaired) electrons. The molecule has 180 valence electrons. The molecule has 1 spiro atoms. The number of aryl methyl sites for hydroxylation is 1. The highest BCUT2D eigenvalue weighted by Gasteiger charge is 2.55. The van der Waals surface area contributed by atoms with Crippen molar-refractivity contribution < 1.29 is 14.3 Å². The van der Waals surface area contributed by atoms with Crippen LogP contribution in [0.4, 0.5) is 11.6 Å². The van der Waals surface area contributed by atoms with Crippen LogP contribution in [0.15, 0.2) is 42.5 Å². The average molecular weight is 471 g/mol. The van der Waals surface area contributed by atoms with Gasteiger partial charge in [-0.1, -0.05) is 18.2 Å². The zero-order chi connectivity index (χ0) is 24.2. The summed E-state index contributed by atoms with van der Waals surface area (Å²) in [4.78, 5) is 27.4. The average Bonchev–Trinajstić information content (AvgIpc) is 3.17. The van der Waals surface area contributed by atoms with Crippen LogP contribution in [0.3, 0.4) is 0 Å². The Morgan fingerprint density at radius 3 is 2.54 bits per heavy atom. The van der Waals surface area contributed by atoms with Crippen molar-refractivity contribution in [3.63, 3.8) is 0 Å². The summed E-state index contributed by atoms with van der Waals surface area (Å²) >= 11 is 0. The topological polar surface area (TPSA) is 67.8 Å². The van der Waals surface area contributed by atoms with Gasteiger partial charge in [0.2, 0.25) is 11.8 Å². The van der Waals surface area contributed by atoms with Crippen molar-refractivity contribution >= 4 is 17.6 Å². The number of anilines is 2. The Labute approximate surface area is 205 Å². The number of nitrogens with zero attached hydrogens (tertiary/aromatic N) is 4. The first-order valence-electron chi connectivity index (χ1n) is 12.6. The van der Waals surface area contributed by atoms with Gasteiger partial charge in [0, 0.05) is 49.1 Å². The molecule has 3 aliphatic rings. The molecule has 4 heterocycles. The number of piperidine rings is 1. The Hall–Kier alpha value is -3.61. The number of carbonyl (C=O) groups is 1. The molecule has 3 aliphatic heterocycles. The number of hydrogen-bond acceptors (Lipinski definition) is 7. The number of benzene rings is 2. The molecule has 7 nitrogen and oxygen atoms in total. The molecule has 0 bridgehead atoms. The van der Waals surface area contributed by atoms with Gasteiger partial charge in [0.1, 0.15) is 5.75 Å². The monoisotopic (exact) mass is 470 g/mol. The summed E-state index contributed by atoms with van der Waals surface area (Å²) in [7, 11) is 0. The maximum atomic E-state index is 13.1. The lowest BCUT2D eigenvalue weighted by atomic mass is 9.77. The van der Waals surface area contributed by atoms with Gasteiger partial charge in [-0.2, -0.15) is 4.98 Å². The maximum absolute atomic E-state index is 13.1. The van der Waals surface area contributed by atoms with E-state index in [1.165, 1.54) is 6.42 Å². The quantitative estimate of drug-likeness (QED) is 0.486. The van der Waals surface area contributed by atoms with Crippen LogP contribution < -0.4 is 14.5 Å². The molecule has 1 saturated heterocycles. The molecule has 1 fully saturated rings. The lowest BCUT2D eigenvalue weighted by Crippen LogP contribution is -2.36. The van der Waals surface area contributed by atoms with Gasteiger partial charge in [-0.15, -0.1) is 0 Å². The van der Waals surface area contributed by atoms with Crippen LogP contribution >= 0.6 is 0 Å². The van der Waals surface area contributed by atoms with Crippen molar-refractivity contribution in [2.45, 2.75) is 45.6 Å². The molecule has 1 unspecified atom stereocenters. The SMILES string of the molecule is CCN(CC)c1ccc2c(c1)Oc1nc(N3CCCCC3)nc(C)c1C21OC(=O)c2ccccc21. The normalized spacial score (nSPS) is 20.1. The van der Waals surface area contributed by atoms with E-state index < -0.39 is 5.60 Å². The summed E-state index contributed by atoms with van der Waals surface area (Å²) in [5.41, 5.74) is 3.58. The van der Waals surface area contributed by atoms with Gasteiger partial charge in [-0.25, -0.2) is 9.78 Å². The Morgan fingerprint density at radius 1 is 1.00 bits per heavy atom. The zero-order valence-corrected chi connectivity index (χ0v) is 20.5. The van der Waals surface area contributed by atoms with Crippen LogP contribution in [-0.4, -0.2) is 42.1 Å². The van der Waals surface area contributed by atoms with Crippen LogP contribution in [0.25, 0.3) is 0 Å². The molecule has 0 N–H and O–H groups in total. The van der Waals surface area contributed by atoms with E-state index >= 15 is 0 Å². The van der Waals surface area contributed by atoms with Crippen LogP contribution in [-0.2, 0) is 10.3 Å². The molecule has 35 heavy (non-hydrogen) atoms. The lowest BCUT2D eigenvalue weighted by molar-refractivity contribution is 0.0218. The second kappa shape index (κ2) is 8.26. The first-order valence-corrected chi connectivity index (χ1v) is 12.6. The van der Waals surface area contributed by atoms with Crippen molar-refractivity contribution in [3.8, 4) is 11.6 Å². The molecule has 2 aromatic carbocycles. The minimum Gasteiger partial charge on any atom is -0.440 e. The first kappa shape index (κ1) is 21.9. The van der Waals surface area contributed by atoms with Crippen molar-refractivity contribution in [1.29, 1.82) is 0 Å². The Kier molecular flexibility index (Phi) is 5.16. The molecule has 1 atom stereocenters. The molecule has 1 aromatic heterocycles. The number of hydrogen-bond donors (Lipinski definition) is 0. The van der Waals surface area contributed by atoms with Crippen LogP contribution in [0.5, 0.6) is 11.6 Å². The highest BCUT2D eigenvalue weighted by Crippen LogP contribution is 2.57. The van der Waals surface area contributed by atoms with Crippen molar-refractivity contribution in [2.24, 2.45) is 0 Å². The van der Waals surface area contributed by atoms with E-state index in [0.717, 1.165) is 61.5 Å². The van der Waals surface area contributed by atoms with Gasteiger partial charge in [0.25, 0.3) is 0 Å². The van der Waals surface area contributed by atoms with Crippen molar-refractivity contribution in [1.82, 2.24) is 9.97 Å². The van der Waals surface area contributed by atoms with Crippen molar-refractivity contribution in [2.75, 3.05) is 36.0 Å². The fraction of sp³-hybridized carbons (Fsp3) is 0.393. The van der Waals surface area contributed by atoms with Gasteiger partial charge in [0.05, 0.1) is 16.8 Å². The number of rotatable bonds is 4. The van der Waals surface area contributed by atoms with E-state index in [4.69, 9.17) is 19.4 Å².